The van der Waals surface area contributed by atoms with E-state index < -0.39 is 0 Å². The van der Waals surface area contributed by atoms with E-state index in [-0.39, 0.29) is 12.5 Å². The van der Waals surface area contributed by atoms with E-state index in [0.717, 1.165) is 17.0 Å². The van der Waals surface area contributed by atoms with Crippen molar-refractivity contribution in [1.29, 1.82) is 0 Å². The third-order valence-electron chi connectivity index (χ3n) is 4.72. The monoisotopic (exact) mass is 420 g/mol. The number of hydrogen-bond donors (Lipinski definition) is 2. The first kappa shape index (κ1) is 19.6. The van der Waals surface area contributed by atoms with Gasteiger partial charge in [-0.1, -0.05) is 18.2 Å². The maximum atomic E-state index is 13.0. The van der Waals surface area contributed by atoms with E-state index in [9.17, 15) is 4.79 Å². The van der Waals surface area contributed by atoms with Gasteiger partial charge in [0.25, 0.3) is 5.91 Å². The predicted octanol–water partition coefficient (Wildman–Crippen LogP) is 3.27. The Morgan fingerprint density at radius 3 is 2.53 bits per heavy atom. The molecule has 0 aliphatic carbocycles. The normalized spacial score (nSPS) is 10.7. The highest BCUT2D eigenvalue weighted by Crippen LogP contribution is 2.26. The Labute approximate surface area is 178 Å². The van der Waals surface area contributed by atoms with Crippen molar-refractivity contribution in [3.8, 4) is 22.7 Å². The summed E-state index contributed by atoms with van der Waals surface area (Å²) in [6, 6.07) is 17.1. The highest BCUT2D eigenvalue weighted by Gasteiger charge is 2.19. The number of benzene rings is 2. The molecule has 2 heterocycles. The molecule has 2 aromatic carbocycles. The first-order valence-electron chi connectivity index (χ1n) is 9.25. The lowest BCUT2D eigenvalue weighted by Crippen LogP contribution is -2.24. The first-order chi connectivity index (χ1) is 14.6. The molecule has 4 aromatic rings. The standard InChI is InChI=1S/C21H20N6O2S/c1-26-18(23-24-21(26)30)12-22-20(28)17-13-27(15-6-4-3-5-7-15)25-19(17)14-8-10-16(29-2)11-9-14/h3-11,13H,12H2,1-2H3,(H,22,28)(H,24,30). The summed E-state index contributed by atoms with van der Waals surface area (Å²) >= 11 is 5.12. The number of para-hydroxylation sites is 1. The van der Waals surface area contributed by atoms with Gasteiger partial charge >= 0.3 is 0 Å². The maximum absolute atomic E-state index is 13.0. The third-order valence-corrected chi connectivity index (χ3v) is 5.09. The number of amides is 1. The molecule has 0 aliphatic rings. The summed E-state index contributed by atoms with van der Waals surface area (Å²) in [4.78, 5) is 13.0. The Morgan fingerprint density at radius 1 is 1.17 bits per heavy atom. The highest BCUT2D eigenvalue weighted by atomic mass is 32.1. The second kappa shape index (κ2) is 8.34. The Bertz CT molecular complexity index is 1220. The lowest BCUT2D eigenvalue weighted by atomic mass is 10.1. The van der Waals surface area contributed by atoms with Crippen molar-refractivity contribution >= 4 is 18.1 Å². The van der Waals surface area contributed by atoms with Crippen molar-refractivity contribution < 1.29 is 9.53 Å². The number of carbonyl (C=O) groups is 1. The van der Waals surface area contributed by atoms with Crippen LogP contribution < -0.4 is 10.1 Å². The fraction of sp³-hybridized carbons (Fsp3) is 0.143. The van der Waals surface area contributed by atoms with Crippen LogP contribution in [0, 0.1) is 4.77 Å². The third kappa shape index (κ3) is 3.87. The van der Waals surface area contributed by atoms with E-state index in [1.807, 2.05) is 54.6 Å². The average molecular weight is 420 g/mol. The molecule has 0 radical (unpaired) electrons. The summed E-state index contributed by atoms with van der Waals surface area (Å²) in [5.41, 5.74) is 2.71. The average Bonchev–Trinajstić information content (AvgIpc) is 3.37. The van der Waals surface area contributed by atoms with Crippen LogP contribution in [-0.2, 0) is 13.6 Å². The lowest BCUT2D eigenvalue weighted by Gasteiger charge is -2.06. The van der Waals surface area contributed by atoms with Crippen LogP contribution in [0.25, 0.3) is 16.9 Å². The van der Waals surface area contributed by atoms with E-state index in [0.29, 0.717) is 21.9 Å². The van der Waals surface area contributed by atoms with Crippen LogP contribution in [0.4, 0.5) is 0 Å². The van der Waals surface area contributed by atoms with E-state index in [1.54, 1.807) is 29.6 Å². The Hall–Kier alpha value is -3.72. The van der Waals surface area contributed by atoms with Gasteiger partial charge < -0.3 is 14.6 Å². The Balaban J connectivity index is 1.68. The molecule has 9 heteroatoms. The van der Waals surface area contributed by atoms with Crippen LogP contribution in [0.5, 0.6) is 5.75 Å². The van der Waals surface area contributed by atoms with Gasteiger partial charge in [-0.25, -0.2) is 4.68 Å². The summed E-state index contributed by atoms with van der Waals surface area (Å²) in [5.74, 6) is 1.12. The number of hydrogen-bond acceptors (Lipinski definition) is 5. The van der Waals surface area contributed by atoms with Gasteiger partial charge in [0.15, 0.2) is 10.6 Å². The van der Waals surface area contributed by atoms with Crippen LogP contribution >= 0.6 is 12.2 Å². The second-order valence-electron chi connectivity index (χ2n) is 6.59. The van der Waals surface area contributed by atoms with Crippen LogP contribution in [-0.4, -0.2) is 37.6 Å². The van der Waals surface area contributed by atoms with E-state index >= 15 is 0 Å². The molecule has 0 saturated carbocycles. The molecule has 1 amide bonds. The van der Waals surface area contributed by atoms with Crippen molar-refractivity contribution in [2.75, 3.05) is 7.11 Å². The molecule has 0 fully saturated rings. The van der Waals surface area contributed by atoms with Crippen molar-refractivity contribution in [1.82, 2.24) is 29.9 Å². The van der Waals surface area contributed by atoms with Crippen molar-refractivity contribution in [3.05, 3.63) is 77.0 Å². The number of nitrogens with zero attached hydrogens (tertiary/aromatic N) is 4. The van der Waals surface area contributed by atoms with E-state index in [1.165, 1.54) is 0 Å². The maximum Gasteiger partial charge on any atom is 0.255 e. The van der Waals surface area contributed by atoms with Gasteiger partial charge in [0.1, 0.15) is 11.4 Å². The molecule has 0 spiro atoms. The molecule has 2 aromatic heterocycles. The zero-order valence-electron chi connectivity index (χ0n) is 16.5. The van der Waals surface area contributed by atoms with Crippen LogP contribution in [0.2, 0.25) is 0 Å². The Kier molecular flexibility index (Phi) is 5.44. The van der Waals surface area contributed by atoms with Crippen molar-refractivity contribution in [3.63, 3.8) is 0 Å². The molecular formula is C21H20N6O2S. The van der Waals surface area contributed by atoms with Crippen LogP contribution in [0.3, 0.4) is 0 Å². The number of rotatable bonds is 6. The van der Waals surface area contributed by atoms with E-state index in [2.05, 4.69) is 20.6 Å². The fourth-order valence-corrected chi connectivity index (χ4v) is 3.16. The number of methoxy groups -OCH3 is 1. The Morgan fingerprint density at radius 2 is 1.90 bits per heavy atom. The van der Waals surface area contributed by atoms with Crippen LogP contribution in [0.1, 0.15) is 16.2 Å². The largest absolute Gasteiger partial charge is 0.497 e. The molecule has 0 unspecified atom stereocenters. The molecular weight excluding hydrogens is 400 g/mol. The topological polar surface area (TPSA) is 89.8 Å². The summed E-state index contributed by atoms with van der Waals surface area (Å²) < 4.78 is 9.14. The summed E-state index contributed by atoms with van der Waals surface area (Å²) in [5, 5.41) is 14.4. The predicted molar refractivity (Wildman–Crippen MR) is 115 cm³/mol. The van der Waals surface area contributed by atoms with Crippen LogP contribution in [0.15, 0.2) is 60.8 Å². The highest BCUT2D eigenvalue weighted by molar-refractivity contribution is 7.71. The molecule has 2 N–H and O–H groups in total. The van der Waals surface area contributed by atoms with Gasteiger partial charge in [0.2, 0.25) is 0 Å². The summed E-state index contributed by atoms with van der Waals surface area (Å²) in [6.07, 6.45) is 1.73. The second-order valence-corrected chi connectivity index (χ2v) is 6.97. The number of aromatic amines is 1. The minimum atomic E-state index is -0.253. The molecule has 0 saturated heterocycles. The van der Waals surface area contributed by atoms with E-state index in [4.69, 9.17) is 17.0 Å². The van der Waals surface area contributed by atoms with Gasteiger partial charge in [-0.2, -0.15) is 10.2 Å². The fourth-order valence-electron chi connectivity index (χ4n) is 3.01. The zero-order valence-corrected chi connectivity index (χ0v) is 17.3. The lowest BCUT2D eigenvalue weighted by molar-refractivity contribution is 0.0950. The van der Waals surface area contributed by atoms with Gasteiger partial charge in [-0.15, -0.1) is 0 Å². The molecule has 0 bridgehead atoms. The number of aromatic nitrogens is 5. The van der Waals surface area contributed by atoms with Gasteiger partial charge in [-0.05, 0) is 48.6 Å². The summed E-state index contributed by atoms with van der Waals surface area (Å²) in [6.45, 7) is 0.237. The van der Waals surface area contributed by atoms with Crippen molar-refractivity contribution in [2.45, 2.75) is 6.54 Å². The molecule has 152 valence electrons. The number of H-pyrrole nitrogens is 1. The summed E-state index contributed by atoms with van der Waals surface area (Å²) in [7, 11) is 3.41. The minimum Gasteiger partial charge on any atom is -0.497 e. The SMILES string of the molecule is COc1ccc(-c2nn(-c3ccccc3)cc2C(=O)NCc2n[nH]c(=S)n2C)cc1. The molecule has 0 atom stereocenters. The zero-order chi connectivity index (χ0) is 21.1. The minimum absolute atomic E-state index is 0.237. The first-order valence-corrected chi connectivity index (χ1v) is 9.65. The smallest absolute Gasteiger partial charge is 0.255 e. The molecule has 30 heavy (non-hydrogen) atoms. The van der Waals surface area contributed by atoms with Gasteiger partial charge in [0, 0.05) is 18.8 Å². The molecule has 8 nitrogen and oxygen atoms in total. The van der Waals surface area contributed by atoms with Crippen molar-refractivity contribution in [2.24, 2.45) is 7.05 Å². The van der Waals surface area contributed by atoms with Gasteiger partial charge in [-0.3, -0.25) is 9.89 Å². The number of ether oxygens (including phenoxy) is 1. The van der Waals surface area contributed by atoms with Gasteiger partial charge in [0.05, 0.1) is 24.9 Å². The molecule has 4 rings (SSSR count). The quantitative estimate of drug-likeness (QED) is 0.467. The number of nitrogens with one attached hydrogen (secondary N) is 2. The number of carbonyl (C=O) groups excluding carboxylic acids is 1. The molecule has 0 aliphatic heterocycles.